The van der Waals surface area contributed by atoms with E-state index in [4.69, 9.17) is 34.8 Å². The Morgan fingerprint density at radius 3 is 2.09 bits per heavy atom. The average molecular weight is 549 g/mol. The molecule has 1 atom stereocenters. The van der Waals surface area contributed by atoms with Crippen molar-refractivity contribution in [3.05, 3.63) is 63.1 Å². The van der Waals surface area contributed by atoms with Gasteiger partial charge in [0.15, 0.2) is 0 Å². The number of nitrogens with zero attached hydrogens (tertiary/aromatic N) is 2. The minimum absolute atomic E-state index is 0.0651. The van der Waals surface area contributed by atoms with Gasteiger partial charge in [0.25, 0.3) is 0 Å². The average Bonchev–Trinajstić information content (AvgIpc) is 2.70. The van der Waals surface area contributed by atoms with Crippen molar-refractivity contribution in [2.45, 2.75) is 45.8 Å². The lowest BCUT2D eigenvalue weighted by Gasteiger charge is -2.33. The molecule has 0 fully saturated rings. The summed E-state index contributed by atoms with van der Waals surface area (Å²) in [4.78, 5) is 27.7. The Labute approximate surface area is 216 Å². The molecule has 2 rings (SSSR count). The molecule has 2 amide bonds. The number of rotatable bonds is 8. The van der Waals surface area contributed by atoms with Crippen molar-refractivity contribution in [1.29, 1.82) is 0 Å². The number of hydrogen-bond acceptors (Lipinski definition) is 4. The van der Waals surface area contributed by atoms with Crippen LogP contribution < -0.4 is 9.62 Å². The third kappa shape index (κ3) is 8.05. The highest BCUT2D eigenvalue weighted by atomic mass is 35.5. The van der Waals surface area contributed by atoms with Crippen LogP contribution in [0.5, 0.6) is 0 Å². The summed E-state index contributed by atoms with van der Waals surface area (Å²) in [6, 6.07) is 10.3. The van der Waals surface area contributed by atoms with E-state index in [-0.39, 0.29) is 28.2 Å². The summed E-state index contributed by atoms with van der Waals surface area (Å²) < 4.78 is 26.1. The molecule has 0 saturated carbocycles. The summed E-state index contributed by atoms with van der Waals surface area (Å²) in [5.74, 6) is -0.963. The molecule has 0 aliphatic heterocycles. The fourth-order valence-electron chi connectivity index (χ4n) is 3.11. The van der Waals surface area contributed by atoms with Gasteiger partial charge in [-0.15, -0.1) is 0 Å². The Kier molecular flexibility index (Phi) is 9.27. The first-order valence-corrected chi connectivity index (χ1v) is 13.4. The lowest BCUT2D eigenvalue weighted by atomic mass is 10.1. The van der Waals surface area contributed by atoms with Crippen LogP contribution in [-0.2, 0) is 26.2 Å². The van der Waals surface area contributed by atoms with E-state index in [0.29, 0.717) is 5.02 Å². The number of carbonyl (C=O) groups excluding carboxylic acids is 2. The molecule has 0 aliphatic rings. The molecule has 2 aromatic carbocycles. The maximum absolute atomic E-state index is 13.5. The number of halogens is 3. The van der Waals surface area contributed by atoms with Crippen molar-refractivity contribution < 1.29 is 18.0 Å². The first-order valence-electron chi connectivity index (χ1n) is 10.4. The second-order valence-electron chi connectivity index (χ2n) is 8.93. The van der Waals surface area contributed by atoms with Crippen LogP contribution in [0.25, 0.3) is 0 Å². The van der Waals surface area contributed by atoms with Gasteiger partial charge in [0, 0.05) is 22.1 Å². The van der Waals surface area contributed by atoms with E-state index in [1.807, 2.05) is 20.8 Å². The number of benzene rings is 2. The number of amides is 2. The van der Waals surface area contributed by atoms with Crippen molar-refractivity contribution in [1.82, 2.24) is 10.2 Å². The Morgan fingerprint density at radius 2 is 1.56 bits per heavy atom. The van der Waals surface area contributed by atoms with Crippen LogP contribution in [0.3, 0.4) is 0 Å². The number of carbonyl (C=O) groups is 2. The summed E-state index contributed by atoms with van der Waals surface area (Å²) in [7, 11) is -3.91. The van der Waals surface area contributed by atoms with Crippen molar-refractivity contribution >= 4 is 62.3 Å². The van der Waals surface area contributed by atoms with Crippen LogP contribution in [0.4, 0.5) is 5.69 Å². The molecule has 0 saturated heterocycles. The molecule has 2 aromatic rings. The number of nitrogens with one attached hydrogen (secondary N) is 1. The first kappa shape index (κ1) is 28.2. The highest BCUT2D eigenvalue weighted by molar-refractivity contribution is 7.92. The molecule has 0 spiro atoms. The van der Waals surface area contributed by atoms with Crippen LogP contribution in [0.2, 0.25) is 15.1 Å². The smallest absolute Gasteiger partial charge is 0.244 e. The molecule has 11 heteroatoms. The van der Waals surface area contributed by atoms with E-state index >= 15 is 0 Å². The van der Waals surface area contributed by atoms with E-state index < -0.39 is 34.1 Å². The zero-order valence-corrected chi connectivity index (χ0v) is 22.7. The fourth-order valence-corrected chi connectivity index (χ4v) is 4.53. The van der Waals surface area contributed by atoms with Crippen molar-refractivity contribution in [2.24, 2.45) is 0 Å². The van der Waals surface area contributed by atoms with Crippen LogP contribution in [0, 0.1) is 0 Å². The Bertz CT molecular complexity index is 1150. The van der Waals surface area contributed by atoms with Gasteiger partial charge in [-0.3, -0.25) is 13.9 Å². The molecule has 7 nitrogen and oxygen atoms in total. The minimum atomic E-state index is -3.91. The zero-order valence-electron chi connectivity index (χ0n) is 19.6. The van der Waals surface area contributed by atoms with E-state index in [0.717, 1.165) is 16.1 Å². The van der Waals surface area contributed by atoms with Gasteiger partial charge in [-0.1, -0.05) is 46.9 Å². The van der Waals surface area contributed by atoms with E-state index in [9.17, 15) is 18.0 Å². The monoisotopic (exact) mass is 547 g/mol. The largest absolute Gasteiger partial charge is 0.350 e. The van der Waals surface area contributed by atoms with Crippen LogP contribution in [0.15, 0.2) is 42.5 Å². The molecule has 0 radical (unpaired) electrons. The second kappa shape index (κ2) is 11.2. The number of sulfonamides is 1. The van der Waals surface area contributed by atoms with E-state index in [1.165, 1.54) is 23.1 Å². The predicted molar refractivity (Wildman–Crippen MR) is 138 cm³/mol. The quantitative estimate of drug-likeness (QED) is 0.516. The van der Waals surface area contributed by atoms with E-state index in [2.05, 4.69) is 5.32 Å². The highest BCUT2D eigenvalue weighted by Gasteiger charge is 2.32. The van der Waals surface area contributed by atoms with Crippen molar-refractivity contribution in [3.63, 3.8) is 0 Å². The molecule has 0 aromatic heterocycles. The summed E-state index contributed by atoms with van der Waals surface area (Å²) in [5.41, 5.74) is 0.274. The Hall–Kier alpha value is -2.00. The van der Waals surface area contributed by atoms with E-state index in [1.54, 1.807) is 31.2 Å². The standard InChI is InChI=1S/C23H28Cl3N3O4S/c1-15(22(31)27-23(2,3)4)28(13-16-6-8-17(24)9-7-16)21(30)14-29(34(5,32)33)20-12-18(25)10-11-19(20)26/h6-12,15H,13-14H2,1-5H3,(H,27,31). The molecule has 34 heavy (non-hydrogen) atoms. The van der Waals surface area contributed by atoms with Gasteiger partial charge in [-0.25, -0.2) is 8.42 Å². The fraction of sp³-hybridized carbons (Fsp3) is 0.391. The number of hydrogen-bond donors (Lipinski definition) is 1. The van der Waals surface area contributed by atoms with Gasteiger partial charge in [0.1, 0.15) is 12.6 Å². The number of anilines is 1. The maximum atomic E-state index is 13.5. The van der Waals surface area contributed by atoms with Gasteiger partial charge in [-0.2, -0.15) is 0 Å². The topological polar surface area (TPSA) is 86.8 Å². The normalized spacial score (nSPS) is 12.7. The van der Waals surface area contributed by atoms with Gasteiger partial charge in [-0.05, 0) is 63.6 Å². The lowest BCUT2D eigenvalue weighted by Crippen LogP contribution is -2.54. The summed E-state index contributed by atoms with van der Waals surface area (Å²) in [6.07, 6.45) is 0.969. The van der Waals surface area contributed by atoms with Gasteiger partial charge in [0.2, 0.25) is 21.8 Å². The predicted octanol–water partition coefficient (Wildman–Crippen LogP) is 4.74. The first-order chi connectivity index (χ1) is 15.6. The molecule has 0 bridgehead atoms. The summed E-state index contributed by atoms with van der Waals surface area (Å²) in [6.45, 7) is 6.57. The second-order valence-corrected chi connectivity index (χ2v) is 12.1. The summed E-state index contributed by atoms with van der Waals surface area (Å²) in [5, 5.41) is 3.76. The van der Waals surface area contributed by atoms with Crippen molar-refractivity contribution in [3.8, 4) is 0 Å². The van der Waals surface area contributed by atoms with Crippen LogP contribution in [-0.4, -0.2) is 49.5 Å². The molecule has 1 unspecified atom stereocenters. The van der Waals surface area contributed by atoms with Gasteiger partial charge >= 0.3 is 0 Å². The van der Waals surface area contributed by atoms with Crippen molar-refractivity contribution in [2.75, 3.05) is 17.1 Å². The Balaban J connectivity index is 2.44. The maximum Gasteiger partial charge on any atom is 0.244 e. The van der Waals surface area contributed by atoms with Crippen LogP contribution >= 0.6 is 34.8 Å². The third-order valence-electron chi connectivity index (χ3n) is 4.79. The molecule has 0 aliphatic carbocycles. The molecule has 1 N–H and O–H groups in total. The SMILES string of the molecule is CC(C(=O)NC(C)(C)C)N(Cc1ccc(Cl)cc1)C(=O)CN(c1cc(Cl)ccc1Cl)S(C)(=O)=O. The van der Waals surface area contributed by atoms with Crippen LogP contribution in [0.1, 0.15) is 33.3 Å². The zero-order chi connectivity index (χ0) is 25.8. The Morgan fingerprint density at radius 1 is 1.00 bits per heavy atom. The molecular formula is C23H28Cl3N3O4S. The lowest BCUT2D eigenvalue weighted by molar-refractivity contribution is -0.140. The molecule has 186 valence electrons. The third-order valence-corrected chi connectivity index (χ3v) is 6.72. The molecule has 0 heterocycles. The van der Waals surface area contributed by atoms with Gasteiger partial charge in [0.05, 0.1) is 17.0 Å². The minimum Gasteiger partial charge on any atom is -0.350 e. The highest BCUT2D eigenvalue weighted by Crippen LogP contribution is 2.31. The molecular weight excluding hydrogens is 521 g/mol. The summed E-state index contributed by atoms with van der Waals surface area (Å²) >= 11 is 18.2. The van der Waals surface area contributed by atoms with Gasteiger partial charge < -0.3 is 10.2 Å².